The first-order valence-electron chi connectivity index (χ1n) is 14.3. The third-order valence-corrected chi connectivity index (χ3v) is 8.94. The molecule has 4 saturated heterocycles. The largest absolute Gasteiger partial charge is 0.469 e. The number of methoxy groups -OCH3 is 1. The summed E-state index contributed by atoms with van der Waals surface area (Å²) in [6, 6.07) is 0. The van der Waals surface area contributed by atoms with Crippen molar-refractivity contribution in [1.82, 2.24) is 0 Å². The summed E-state index contributed by atoms with van der Waals surface area (Å²) in [6.45, 7) is 7.55. The fourth-order valence-corrected chi connectivity index (χ4v) is 6.74. The van der Waals surface area contributed by atoms with Crippen molar-refractivity contribution in [3.8, 4) is 0 Å². The summed E-state index contributed by atoms with van der Waals surface area (Å²) in [5.41, 5.74) is -0.539. The zero-order chi connectivity index (χ0) is 26.5. The van der Waals surface area contributed by atoms with Crippen LogP contribution < -0.4 is 0 Å². The van der Waals surface area contributed by atoms with E-state index >= 15 is 0 Å². The highest BCUT2D eigenvalue weighted by Crippen LogP contribution is 2.60. The van der Waals surface area contributed by atoms with Crippen LogP contribution in [-0.2, 0) is 43.0 Å². The molecule has 5 aliphatic rings. The minimum atomic E-state index is -0.760. The fourth-order valence-electron chi connectivity index (χ4n) is 6.74. The molecule has 1 aliphatic carbocycles. The third-order valence-electron chi connectivity index (χ3n) is 8.94. The molecule has 0 unspecified atom stereocenters. The number of unbranched alkanes of at least 4 members (excludes halogenated alkanes) is 5. The van der Waals surface area contributed by atoms with E-state index in [-0.39, 0.29) is 36.9 Å². The minimum absolute atomic E-state index is 0.0680. The maximum Gasteiger partial charge on any atom is 0.306 e. The lowest BCUT2D eigenvalue weighted by Crippen LogP contribution is -2.70. The summed E-state index contributed by atoms with van der Waals surface area (Å²) in [5.74, 6) is -0.0867. The summed E-state index contributed by atoms with van der Waals surface area (Å²) in [6.07, 6.45) is 9.61. The highest BCUT2D eigenvalue weighted by Gasteiger charge is 2.69. The Labute approximate surface area is 221 Å². The van der Waals surface area contributed by atoms with Gasteiger partial charge in [0.05, 0.1) is 26.6 Å². The summed E-state index contributed by atoms with van der Waals surface area (Å²) in [5, 5.41) is 0. The lowest BCUT2D eigenvalue weighted by molar-refractivity contribution is -0.577. The molecule has 1 spiro atoms. The minimum Gasteiger partial charge on any atom is -0.469 e. The summed E-state index contributed by atoms with van der Waals surface area (Å²) in [7, 11) is 1.31. The van der Waals surface area contributed by atoms with E-state index in [4.69, 9.17) is 28.7 Å². The van der Waals surface area contributed by atoms with Crippen LogP contribution in [0.1, 0.15) is 97.8 Å². The van der Waals surface area contributed by atoms with E-state index in [0.29, 0.717) is 25.0 Å². The van der Waals surface area contributed by atoms with E-state index in [9.17, 15) is 9.59 Å². The van der Waals surface area contributed by atoms with Gasteiger partial charge in [0, 0.05) is 24.9 Å². The molecule has 0 radical (unpaired) electrons. The second-order valence-electron chi connectivity index (χ2n) is 11.6. The molecular formula is C28H46O9. The Morgan fingerprint density at radius 2 is 1.57 bits per heavy atom. The van der Waals surface area contributed by atoms with Gasteiger partial charge in [0.1, 0.15) is 0 Å². The molecule has 8 atom stereocenters. The second kappa shape index (κ2) is 12.7. The highest BCUT2D eigenvalue weighted by atomic mass is 17.3. The van der Waals surface area contributed by atoms with Gasteiger partial charge in [0.2, 0.25) is 5.79 Å². The lowest BCUT2D eigenvalue weighted by atomic mass is 9.58. The highest BCUT2D eigenvalue weighted by molar-refractivity contribution is 5.77. The van der Waals surface area contributed by atoms with Gasteiger partial charge in [-0.25, -0.2) is 9.78 Å². The van der Waals surface area contributed by atoms with Crippen LogP contribution in [0.3, 0.4) is 0 Å². The first-order valence-corrected chi connectivity index (χ1v) is 14.3. The molecule has 9 nitrogen and oxygen atoms in total. The Morgan fingerprint density at radius 1 is 0.865 bits per heavy atom. The van der Waals surface area contributed by atoms with E-state index < -0.39 is 23.6 Å². The van der Waals surface area contributed by atoms with Crippen LogP contribution in [0.5, 0.6) is 0 Å². The van der Waals surface area contributed by atoms with Gasteiger partial charge in [-0.15, -0.1) is 0 Å². The number of rotatable bonds is 13. The molecule has 9 heteroatoms. The van der Waals surface area contributed by atoms with Crippen LogP contribution in [0.4, 0.5) is 0 Å². The molecule has 0 aromatic carbocycles. The number of hydrogen-bond donors (Lipinski definition) is 0. The monoisotopic (exact) mass is 526 g/mol. The standard InChI is InChI=1S/C28H46O9/c1-19-11-12-22-20(2)25(34-26-28(22)21(19)15-16-27(3,35-26)36-37-28)33-18-10-8-6-5-7-9-17-32-24(30)14-13-23(29)31-4/h19-22,25-26H,5-18H2,1-4H3/t19-,20-,21+,22+,25+,26-,27+,28-/m1/s1. The van der Waals surface area contributed by atoms with Crippen LogP contribution in [0.25, 0.3) is 0 Å². The van der Waals surface area contributed by atoms with E-state index in [0.717, 1.165) is 57.8 Å². The van der Waals surface area contributed by atoms with Gasteiger partial charge in [0.25, 0.3) is 0 Å². The number of carbonyl (C=O) groups excluding carboxylic acids is 2. The van der Waals surface area contributed by atoms with Gasteiger partial charge in [-0.2, -0.15) is 0 Å². The molecule has 5 fully saturated rings. The third kappa shape index (κ3) is 6.49. The SMILES string of the molecule is COC(=O)CCC(=O)OCCCCCCCCO[C@H]1O[C@@H]2O[C@]3(C)CC[C@H]4[C@H](C)CC[C@@H]([C@H]1C)[C@@]24OO3. The van der Waals surface area contributed by atoms with Crippen molar-refractivity contribution in [2.45, 2.75) is 122 Å². The fraction of sp³-hybridized carbons (Fsp3) is 0.929. The average molecular weight is 527 g/mol. The lowest BCUT2D eigenvalue weighted by Gasteiger charge is -2.60. The number of ether oxygens (including phenoxy) is 5. The van der Waals surface area contributed by atoms with Gasteiger partial charge in [-0.1, -0.05) is 39.5 Å². The molecule has 0 aromatic rings. The molecule has 37 heavy (non-hydrogen) atoms. The van der Waals surface area contributed by atoms with Crippen molar-refractivity contribution < 1.29 is 43.0 Å². The summed E-state index contributed by atoms with van der Waals surface area (Å²) >= 11 is 0. The quantitative estimate of drug-likeness (QED) is 0.185. The van der Waals surface area contributed by atoms with E-state index in [1.54, 1.807) is 0 Å². The van der Waals surface area contributed by atoms with Gasteiger partial charge in [0.15, 0.2) is 18.2 Å². The van der Waals surface area contributed by atoms with Crippen LogP contribution in [0.2, 0.25) is 0 Å². The molecule has 2 bridgehead atoms. The predicted octanol–water partition coefficient (Wildman–Crippen LogP) is 5.05. The smallest absolute Gasteiger partial charge is 0.306 e. The van der Waals surface area contributed by atoms with Crippen molar-refractivity contribution in [3.63, 3.8) is 0 Å². The number of carbonyl (C=O) groups is 2. The van der Waals surface area contributed by atoms with Gasteiger partial charge >= 0.3 is 11.9 Å². The molecule has 0 amide bonds. The molecule has 4 aliphatic heterocycles. The Hall–Kier alpha value is -1.26. The van der Waals surface area contributed by atoms with Crippen molar-refractivity contribution in [1.29, 1.82) is 0 Å². The van der Waals surface area contributed by atoms with E-state index in [2.05, 4.69) is 18.6 Å². The van der Waals surface area contributed by atoms with Crippen molar-refractivity contribution in [3.05, 3.63) is 0 Å². The summed E-state index contributed by atoms with van der Waals surface area (Å²) < 4.78 is 28.8. The first kappa shape index (κ1) is 28.7. The van der Waals surface area contributed by atoms with Crippen LogP contribution in [0, 0.1) is 23.7 Å². The average Bonchev–Trinajstić information content (AvgIpc) is 3.12. The molecule has 0 aromatic heterocycles. The number of esters is 2. The molecule has 4 heterocycles. The molecular weight excluding hydrogens is 480 g/mol. The topological polar surface area (TPSA) is 98.8 Å². The first-order chi connectivity index (χ1) is 17.8. The van der Waals surface area contributed by atoms with Gasteiger partial charge in [-0.05, 0) is 50.9 Å². The van der Waals surface area contributed by atoms with Gasteiger partial charge in [-0.3, -0.25) is 9.59 Å². The van der Waals surface area contributed by atoms with Crippen LogP contribution in [0.15, 0.2) is 0 Å². The predicted molar refractivity (Wildman–Crippen MR) is 133 cm³/mol. The molecule has 5 rings (SSSR count). The van der Waals surface area contributed by atoms with Crippen molar-refractivity contribution in [2.75, 3.05) is 20.3 Å². The molecule has 212 valence electrons. The maximum atomic E-state index is 11.6. The molecule has 1 saturated carbocycles. The van der Waals surface area contributed by atoms with E-state index in [1.807, 2.05) is 6.92 Å². The zero-order valence-corrected chi connectivity index (χ0v) is 23.0. The second-order valence-corrected chi connectivity index (χ2v) is 11.6. The zero-order valence-electron chi connectivity index (χ0n) is 23.0. The van der Waals surface area contributed by atoms with Crippen molar-refractivity contribution in [2.24, 2.45) is 23.7 Å². The number of fused-ring (bicyclic) bond motifs is 2. The summed E-state index contributed by atoms with van der Waals surface area (Å²) in [4.78, 5) is 34.7. The van der Waals surface area contributed by atoms with Crippen LogP contribution >= 0.6 is 0 Å². The Balaban J connectivity index is 1.12. The van der Waals surface area contributed by atoms with Crippen molar-refractivity contribution >= 4 is 11.9 Å². The molecule has 0 N–H and O–H groups in total. The van der Waals surface area contributed by atoms with E-state index in [1.165, 1.54) is 13.5 Å². The normalized spacial score (nSPS) is 38.5. The Kier molecular flexibility index (Phi) is 9.89. The van der Waals surface area contributed by atoms with Crippen LogP contribution in [-0.4, -0.2) is 56.2 Å². The maximum absolute atomic E-state index is 11.6. The Bertz CT molecular complexity index is 775. The van der Waals surface area contributed by atoms with Gasteiger partial charge < -0.3 is 23.7 Å². The Morgan fingerprint density at radius 3 is 2.32 bits per heavy atom. The number of hydrogen-bond acceptors (Lipinski definition) is 9.